The summed E-state index contributed by atoms with van der Waals surface area (Å²) in [6.45, 7) is 2.12. The fourth-order valence-electron chi connectivity index (χ4n) is 2.68. The molecule has 0 atom stereocenters. The standard InChI is InChI=1S/C19H16FN3O3/c1-2-23-15-6-4-3-5-14(15)17(24)16(19(23)26)18(25)22-21-11-12-7-9-13(20)10-8-12/h3-11,24H,2H2,1H3,(H,22,25)/b21-11-. The number of aryl methyl sites for hydroxylation is 1. The minimum atomic E-state index is -0.821. The van der Waals surface area contributed by atoms with Gasteiger partial charge < -0.3 is 9.67 Å². The molecule has 0 spiro atoms. The number of carbonyl (C=O) groups excluding carboxylic acids is 1. The molecule has 0 fully saturated rings. The number of amides is 1. The number of hydrogen-bond acceptors (Lipinski definition) is 4. The maximum atomic E-state index is 12.9. The Bertz CT molecular complexity index is 1060. The Hall–Kier alpha value is -3.48. The summed E-state index contributed by atoms with van der Waals surface area (Å²) in [5, 5.41) is 14.6. The molecule has 1 aromatic heterocycles. The monoisotopic (exact) mass is 353 g/mol. The quantitative estimate of drug-likeness (QED) is 0.559. The summed E-state index contributed by atoms with van der Waals surface area (Å²) in [5.41, 5.74) is 2.37. The number of benzene rings is 2. The number of nitrogens with zero attached hydrogens (tertiary/aromatic N) is 2. The molecule has 0 unspecified atom stereocenters. The number of para-hydroxylation sites is 1. The van der Waals surface area contributed by atoms with Gasteiger partial charge in [-0.25, -0.2) is 9.82 Å². The molecule has 0 radical (unpaired) electrons. The number of pyridine rings is 1. The van der Waals surface area contributed by atoms with Gasteiger partial charge in [-0.2, -0.15) is 5.10 Å². The first-order chi connectivity index (χ1) is 12.5. The molecule has 2 aromatic carbocycles. The summed E-state index contributed by atoms with van der Waals surface area (Å²) in [6, 6.07) is 12.3. The first-order valence-electron chi connectivity index (χ1n) is 7.96. The van der Waals surface area contributed by atoms with Crippen molar-refractivity contribution >= 4 is 23.0 Å². The highest BCUT2D eigenvalue weighted by Gasteiger charge is 2.21. The molecule has 0 saturated carbocycles. The average molecular weight is 353 g/mol. The third-order valence-corrected chi connectivity index (χ3v) is 3.94. The number of aromatic nitrogens is 1. The maximum Gasteiger partial charge on any atom is 0.280 e. The summed E-state index contributed by atoms with van der Waals surface area (Å²) in [6.07, 6.45) is 1.31. The second kappa shape index (κ2) is 7.18. The van der Waals surface area contributed by atoms with Crippen LogP contribution in [-0.2, 0) is 6.54 Å². The Balaban J connectivity index is 1.95. The van der Waals surface area contributed by atoms with Gasteiger partial charge in [-0.05, 0) is 36.8 Å². The third kappa shape index (κ3) is 3.19. The molecule has 7 heteroatoms. The third-order valence-electron chi connectivity index (χ3n) is 3.94. The van der Waals surface area contributed by atoms with Crippen LogP contribution < -0.4 is 11.0 Å². The van der Waals surface area contributed by atoms with Gasteiger partial charge in [0.1, 0.15) is 17.1 Å². The smallest absolute Gasteiger partial charge is 0.280 e. The summed E-state index contributed by atoms with van der Waals surface area (Å²) in [5.74, 6) is -1.59. The number of carbonyl (C=O) groups is 1. The van der Waals surface area contributed by atoms with Crippen molar-refractivity contribution in [2.75, 3.05) is 0 Å². The molecule has 0 bridgehead atoms. The highest BCUT2D eigenvalue weighted by molar-refractivity contribution is 6.02. The minimum Gasteiger partial charge on any atom is -0.506 e. The highest BCUT2D eigenvalue weighted by atomic mass is 19.1. The van der Waals surface area contributed by atoms with Gasteiger partial charge in [0.05, 0.1) is 11.7 Å². The van der Waals surface area contributed by atoms with Gasteiger partial charge in [0, 0.05) is 11.9 Å². The minimum absolute atomic E-state index is 0.346. The first-order valence-corrected chi connectivity index (χ1v) is 7.96. The van der Waals surface area contributed by atoms with E-state index in [1.807, 2.05) is 0 Å². The van der Waals surface area contributed by atoms with E-state index in [0.29, 0.717) is 23.0 Å². The van der Waals surface area contributed by atoms with Crippen LogP contribution in [0.3, 0.4) is 0 Å². The zero-order valence-electron chi connectivity index (χ0n) is 13.9. The molecule has 3 rings (SSSR count). The summed E-state index contributed by atoms with van der Waals surface area (Å²) in [4.78, 5) is 25.0. The largest absolute Gasteiger partial charge is 0.506 e. The predicted octanol–water partition coefficient (Wildman–Crippen LogP) is 2.63. The van der Waals surface area contributed by atoms with Crippen molar-refractivity contribution in [1.82, 2.24) is 9.99 Å². The van der Waals surface area contributed by atoms with E-state index in [-0.39, 0.29) is 17.1 Å². The normalized spacial score (nSPS) is 11.2. The number of hydrogen-bond donors (Lipinski definition) is 2. The maximum absolute atomic E-state index is 12.9. The van der Waals surface area contributed by atoms with Gasteiger partial charge in [-0.15, -0.1) is 0 Å². The molecule has 0 aliphatic heterocycles. The molecule has 3 aromatic rings. The number of aromatic hydroxyl groups is 1. The molecule has 2 N–H and O–H groups in total. The van der Waals surface area contributed by atoms with Gasteiger partial charge in [-0.1, -0.05) is 24.3 Å². The average Bonchev–Trinajstić information content (AvgIpc) is 2.64. The van der Waals surface area contributed by atoms with Crippen LogP contribution in [0.15, 0.2) is 58.4 Å². The number of hydrazone groups is 1. The fraction of sp³-hybridized carbons (Fsp3) is 0.105. The van der Waals surface area contributed by atoms with Crippen LogP contribution in [0.1, 0.15) is 22.8 Å². The molecule has 0 aliphatic carbocycles. The van der Waals surface area contributed by atoms with Crippen LogP contribution >= 0.6 is 0 Å². The molecule has 1 heterocycles. The fourth-order valence-corrected chi connectivity index (χ4v) is 2.68. The summed E-state index contributed by atoms with van der Waals surface area (Å²) in [7, 11) is 0. The highest BCUT2D eigenvalue weighted by Crippen LogP contribution is 2.26. The molecule has 0 saturated heterocycles. The SMILES string of the molecule is CCn1c(=O)c(C(=O)N/N=C\c2ccc(F)cc2)c(O)c2ccccc21. The molecular formula is C19H16FN3O3. The number of rotatable bonds is 4. The van der Waals surface area contributed by atoms with Crippen molar-refractivity contribution in [1.29, 1.82) is 0 Å². The molecule has 132 valence electrons. The van der Waals surface area contributed by atoms with E-state index in [2.05, 4.69) is 10.5 Å². The van der Waals surface area contributed by atoms with Crippen molar-refractivity contribution in [3.05, 3.63) is 75.8 Å². The van der Waals surface area contributed by atoms with E-state index in [9.17, 15) is 19.1 Å². The van der Waals surface area contributed by atoms with Crippen molar-refractivity contribution in [3.8, 4) is 5.75 Å². The van der Waals surface area contributed by atoms with E-state index in [1.54, 1.807) is 31.2 Å². The van der Waals surface area contributed by atoms with Crippen LogP contribution in [-0.4, -0.2) is 21.8 Å². The predicted molar refractivity (Wildman–Crippen MR) is 97.0 cm³/mol. The second-order valence-electron chi connectivity index (χ2n) is 5.54. The lowest BCUT2D eigenvalue weighted by Crippen LogP contribution is -2.31. The van der Waals surface area contributed by atoms with Crippen molar-refractivity contribution < 1.29 is 14.3 Å². The second-order valence-corrected chi connectivity index (χ2v) is 5.54. The Morgan fingerprint density at radius 2 is 1.92 bits per heavy atom. The Kier molecular flexibility index (Phi) is 4.79. The molecule has 6 nitrogen and oxygen atoms in total. The summed E-state index contributed by atoms with van der Waals surface area (Å²) >= 11 is 0. The van der Waals surface area contributed by atoms with Gasteiger partial charge >= 0.3 is 0 Å². The van der Waals surface area contributed by atoms with Gasteiger partial charge in [0.2, 0.25) is 0 Å². The van der Waals surface area contributed by atoms with Gasteiger partial charge in [0.25, 0.3) is 11.5 Å². The number of halogens is 1. The van der Waals surface area contributed by atoms with E-state index in [4.69, 9.17) is 0 Å². The molecule has 26 heavy (non-hydrogen) atoms. The lowest BCUT2D eigenvalue weighted by molar-refractivity contribution is 0.0950. The topological polar surface area (TPSA) is 83.7 Å². The zero-order valence-corrected chi connectivity index (χ0v) is 13.9. The van der Waals surface area contributed by atoms with Crippen molar-refractivity contribution in [2.45, 2.75) is 13.5 Å². The molecule has 1 amide bonds. The van der Waals surface area contributed by atoms with Crippen LogP contribution in [0.5, 0.6) is 5.75 Å². The Morgan fingerprint density at radius 1 is 1.23 bits per heavy atom. The van der Waals surface area contributed by atoms with Crippen LogP contribution in [0, 0.1) is 5.82 Å². The Morgan fingerprint density at radius 3 is 2.62 bits per heavy atom. The molecule has 0 aliphatic rings. The number of fused-ring (bicyclic) bond motifs is 1. The number of nitrogens with one attached hydrogen (secondary N) is 1. The van der Waals surface area contributed by atoms with E-state index < -0.39 is 11.5 Å². The zero-order chi connectivity index (χ0) is 18.7. The van der Waals surface area contributed by atoms with Crippen LogP contribution in [0.2, 0.25) is 0 Å². The van der Waals surface area contributed by atoms with Crippen LogP contribution in [0.25, 0.3) is 10.9 Å². The van der Waals surface area contributed by atoms with Gasteiger partial charge in [-0.3, -0.25) is 9.59 Å². The van der Waals surface area contributed by atoms with E-state index >= 15 is 0 Å². The van der Waals surface area contributed by atoms with Crippen LogP contribution in [0.4, 0.5) is 4.39 Å². The Labute approximate surface area is 148 Å². The lowest BCUT2D eigenvalue weighted by Gasteiger charge is -2.12. The van der Waals surface area contributed by atoms with Crippen molar-refractivity contribution in [2.24, 2.45) is 5.10 Å². The van der Waals surface area contributed by atoms with E-state index in [0.717, 1.165) is 0 Å². The van der Waals surface area contributed by atoms with Gasteiger partial charge in [0.15, 0.2) is 0 Å². The van der Waals surface area contributed by atoms with E-state index in [1.165, 1.54) is 35.0 Å². The molecular weight excluding hydrogens is 337 g/mol. The lowest BCUT2D eigenvalue weighted by atomic mass is 10.1. The first kappa shape index (κ1) is 17.3. The van der Waals surface area contributed by atoms with Crippen molar-refractivity contribution in [3.63, 3.8) is 0 Å². The summed E-state index contributed by atoms with van der Waals surface area (Å²) < 4.78 is 14.3.